The lowest BCUT2D eigenvalue weighted by atomic mass is 10.1. The number of para-hydroxylation sites is 1. The van der Waals surface area contributed by atoms with E-state index in [-0.39, 0.29) is 17.0 Å². The van der Waals surface area contributed by atoms with Gasteiger partial charge in [-0.1, -0.05) is 47.7 Å². The van der Waals surface area contributed by atoms with E-state index < -0.39 is 10.0 Å². The number of aryl methyl sites for hydroxylation is 1. The third kappa shape index (κ3) is 4.90. The van der Waals surface area contributed by atoms with E-state index in [9.17, 15) is 8.42 Å². The van der Waals surface area contributed by atoms with Crippen molar-refractivity contribution in [2.24, 2.45) is 7.05 Å². The van der Waals surface area contributed by atoms with Gasteiger partial charge in [0.2, 0.25) is 15.5 Å². The van der Waals surface area contributed by atoms with Crippen LogP contribution in [0.3, 0.4) is 0 Å². The molecule has 0 aliphatic rings. The smallest absolute Gasteiger partial charge is 0.298 e. The van der Waals surface area contributed by atoms with Crippen molar-refractivity contribution in [3.05, 3.63) is 60.7 Å². The van der Waals surface area contributed by atoms with Crippen molar-refractivity contribution in [2.45, 2.75) is 9.24 Å². The van der Waals surface area contributed by atoms with E-state index in [4.69, 9.17) is 0 Å². The summed E-state index contributed by atoms with van der Waals surface area (Å²) in [5.41, 5.74) is 2.19. The molecular formula is C22H24BrN3O2S3. The SMILES string of the molecule is CN(C)c1cccc2c(S(=O)(=O)NCCSc3sc4ccccc4[n+]3C)cccc12.[Br-]. The Bertz CT molecular complexity index is 1320. The molecular weight excluding hydrogens is 514 g/mol. The molecule has 1 aromatic heterocycles. The predicted molar refractivity (Wildman–Crippen MR) is 127 cm³/mol. The Hall–Kier alpha value is -1.65. The lowest BCUT2D eigenvalue weighted by Crippen LogP contribution is -3.00. The molecule has 5 nitrogen and oxygen atoms in total. The minimum Gasteiger partial charge on any atom is -1.00 e. The molecule has 0 aliphatic heterocycles. The van der Waals surface area contributed by atoms with Gasteiger partial charge in [0, 0.05) is 48.9 Å². The quantitative estimate of drug-likeness (QED) is 0.217. The van der Waals surface area contributed by atoms with Crippen LogP contribution in [-0.4, -0.2) is 34.8 Å². The number of hydrogen-bond donors (Lipinski definition) is 1. The van der Waals surface area contributed by atoms with Gasteiger partial charge in [-0.3, -0.25) is 0 Å². The first kappa shape index (κ1) is 24.0. The zero-order chi connectivity index (χ0) is 21.3. The molecule has 1 N–H and O–H groups in total. The van der Waals surface area contributed by atoms with Crippen LogP contribution in [0.15, 0.2) is 69.9 Å². The first-order chi connectivity index (χ1) is 14.4. The van der Waals surface area contributed by atoms with E-state index in [1.807, 2.05) is 62.4 Å². The number of hydrogen-bond acceptors (Lipinski definition) is 5. The monoisotopic (exact) mass is 537 g/mol. The van der Waals surface area contributed by atoms with E-state index in [0.29, 0.717) is 17.2 Å². The van der Waals surface area contributed by atoms with Gasteiger partial charge in [-0.2, -0.15) is 4.57 Å². The third-order valence-electron chi connectivity index (χ3n) is 4.95. The van der Waals surface area contributed by atoms with Crippen LogP contribution < -0.4 is 31.2 Å². The van der Waals surface area contributed by atoms with Crippen molar-refractivity contribution >= 4 is 59.8 Å². The van der Waals surface area contributed by atoms with Gasteiger partial charge >= 0.3 is 0 Å². The number of anilines is 1. The Morgan fingerprint density at radius 2 is 1.71 bits per heavy atom. The molecule has 0 spiro atoms. The highest BCUT2D eigenvalue weighted by atomic mass is 79.9. The second-order valence-electron chi connectivity index (χ2n) is 7.16. The lowest BCUT2D eigenvalue weighted by molar-refractivity contribution is -0.676. The van der Waals surface area contributed by atoms with E-state index in [2.05, 4.69) is 21.4 Å². The summed E-state index contributed by atoms with van der Waals surface area (Å²) < 4.78 is 33.3. The number of benzene rings is 3. The number of thioether (sulfide) groups is 1. The minimum absolute atomic E-state index is 0. The van der Waals surface area contributed by atoms with E-state index in [1.54, 1.807) is 35.2 Å². The van der Waals surface area contributed by atoms with Crippen molar-refractivity contribution in [3.8, 4) is 0 Å². The number of halogens is 1. The van der Waals surface area contributed by atoms with Crippen LogP contribution in [0.4, 0.5) is 5.69 Å². The Morgan fingerprint density at radius 1 is 1.00 bits per heavy atom. The van der Waals surface area contributed by atoms with Gasteiger partial charge in [-0.15, -0.1) is 0 Å². The largest absolute Gasteiger partial charge is 1.00 e. The maximum absolute atomic E-state index is 13.0. The van der Waals surface area contributed by atoms with Gasteiger partial charge in [0.1, 0.15) is 11.7 Å². The van der Waals surface area contributed by atoms with E-state index in [1.165, 1.54) is 10.2 Å². The highest BCUT2D eigenvalue weighted by Gasteiger charge is 2.20. The third-order valence-corrected chi connectivity index (χ3v) is 9.01. The number of nitrogens with one attached hydrogen (secondary N) is 1. The zero-order valence-corrected chi connectivity index (χ0v) is 21.5. The van der Waals surface area contributed by atoms with Crippen molar-refractivity contribution < 1.29 is 30.0 Å². The summed E-state index contributed by atoms with van der Waals surface area (Å²) in [6.45, 7) is 0.366. The molecule has 4 rings (SSSR count). The molecule has 164 valence electrons. The average Bonchev–Trinajstić information content (AvgIpc) is 3.06. The molecule has 31 heavy (non-hydrogen) atoms. The number of rotatable bonds is 7. The van der Waals surface area contributed by atoms with Crippen molar-refractivity contribution in [3.63, 3.8) is 0 Å². The molecule has 3 aromatic carbocycles. The minimum atomic E-state index is -3.60. The van der Waals surface area contributed by atoms with E-state index in [0.717, 1.165) is 20.8 Å². The van der Waals surface area contributed by atoms with Crippen LogP contribution in [0, 0.1) is 0 Å². The summed E-state index contributed by atoms with van der Waals surface area (Å²) in [5.74, 6) is 0.660. The number of sulfonamides is 1. The topological polar surface area (TPSA) is 53.3 Å². The number of nitrogens with zero attached hydrogens (tertiary/aromatic N) is 2. The molecule has 0 aliphatic carbocycles. The zero-order valence-electron chi connectivity index (χ0n) is 17.5. The predicted octanol–water partition coefficient (Wildman–Crippen LogP) is 1.02. The standard InChI is InChI=1S/C22H24N3O2S3.BrH/c1-24(2)18-11-6-9-17-16(18)8-7-13-21(17)30(26,27)23-14-15-28-22-25(3)19-10-4-5-12-20(19)29-22;/h4-13,23H,14-15H2,1-3H3;1H/q+1;/p-1. The maximum Gasteiger partial charge on any atom is 0.298 e. The fourth-order valence-corrected chi connectivity index (χ4v) is 7.17. The number of thiazole rings is 1. The molecule has 0 atom stereocenters. The summed E-state index contributed by atoms with van der Waals surface area (Å²) in [6, 6.07) is 19.5. The molecule has 0 saturated carbocycles. The molecule has 0 saturated heterocycles. The summed E-state index contributed by atoms with van der Waals surface area (Å²) in [5, 5.41) is 1.66. The summed E-state index contributed by atoms with van der Waals surface area (Å²) in [6.07, 6.45) is 0. The molecule has 0 amide bonds. The van der Waals surface area contributed by atoms with Crippen LogP contribution in [0.1, 0.15) is 0 Å². The Balaban J connectivity index is 0.00000272. The molecule has 0 radical (unpaired) electrons. The molecule has 4 aromatic rings. The summed E-state index contributed by atoms with van der Waals surface area (Å²) in [7, 11) is 2.36. The van der Waals surface area contributed by atoms with Gasteiger partial charge in [0.05, 0.1) is 4.90 Å². The first-order valence-corrected chi connectivity index (χ1v) is 12.9. The Kier molecular flexibility index (Phi) is 7.64. The lowest BCUT2D eigenvalue weighted by Gasteiger charge is -2.17. The van der Waals surface area contributed by atoms with Gasteiger partial charge in [-0.25, -0.2) is 13.1 Å². The van der Waals surface area contributed by atoms with Crippen LogP contribution in [0.25, 0.3) is 21.0 Å². The highest BCUT2D eigenvalue weighted by molar-refractivity contribution is 8.01. The van der Waals surface area contributed by atoms with Gasteiger partial charge in [0.25, 0.3) is 4.34 Å². The Morgan fingerprint density at radius 3 is 2.45 bits per heavy atom. The van der Waals surface area contributed by atoms with Crippen LogP contribution >= 0.6 is 23.1 Å². The molecule has 0 fully saturated rings. The second-order valence-corrected chi connectivity index (χ2v) is 11.3. The van der Waals surface area contributed by atoms with Crippen LogP contribution in [-0.2, 0) is 17.1 Å². The summed E-state index contributed by atoms with van der Waals surface area (Å²) in [4.78, 5) is 2.31. The Labute approximate surface area is 201 Å². The van der Waals surface area contributed by atoms with E-state index >= 15 is 0 Å². The molecule has 9 heteroatoms. The van der Waals surface area contributed by atoms with Crippen molar-refractivity contribution in [1.29, 1.82) is 0 Å². The molecule has 0 bridgehead atoms. The van der Waals surface area contributed by atoms with Gasteiger partial charge < -0.3 is 21.9 Å². The highest BCUT2D eigenvalue weighted by Crippen LogP contribution is 2.30. The fraction of sp³-hybridized carbons (Fsp3) is 0.227. The molecule has 0 unspecified atom stereocenters. The van der Waals surface area contributed by atoms with Crippen molar-refractivity contribution in [2.75, 3.05) is 31.3 Å². The maximum atomic E-state index is 13.0. The normalized spacial score (nSPS) is 11.6. The summed E-state index contributed by atoms with van der Waals surface area (Å²) >= 11 is 3.39. The first-order valence-electron chi connectivity index (χ1n) is 9.57. The number of aromatic nitrogens is 1. The molecule has 1 heterocycles. The fourth-order valence-electron chi connectivity index (χ4n) is 3.49. The van der Waals surface area contributed by atoms with Crippen LogP contribution in [0.2, 0.25) is 0 Å². The van der Waals surface area contributed by atoms with Crippen molar-refractivity contribution in [1.82, 2.24) is 4.72 Å². The average molecular weight is 539 g/mol. The van der Waals surface area contributed by atoms with Crippen LogP contribution in [0.5, 0.6) is 0 Å². The van der Waals surface area contributed by atoms with Gasteiger partial charge in [-0.05, 0) is 30.0 Å². The second kappa shape index (κ2) is 9.87. The van der Waals surface area contributed by atoms with Gasteiger partial charge in [0.15, 0.2) is 0 Å². The number of fused-ring (bicyclic) bond motifs is 2.